The summed E-state index contributed by atoms with van der Waals surface area (Å²) in [4.78, 5) is 0. The van der Waals surface area contributed by atoms with Crippen LogP contribution in [0.2, 0.25) is 0 Å². The van der Waals surface area contributed by atoms with Crippen molar-refractivity contribution in [2.75, 3.05) is 120 Å². The summed E-state index contributed by atoms with van der Waals surface area (Å²) in [5.41, 5.74) is 0. The molecular weight excluding hydrogens is 959 g/mol. The molecule has 0 saturated carbocycles. The molecule has 69 heavy (non-hydrogen) atoms. The Morgan fingerprint density at radius 3 is 1.12 bits per heavy atom. The maximum absolute atomic E-state index is 10.4. The van der Waals surface area contributed by atoms with E-state index in [4.69, 9.17) is 14.2 Å². The van der Waals surface area contributed by atoms with Gasteiger partial charge in [-0.2, -0.15) is 0 Å². The third kappa shape index (κ3) is 54.9. The molecule has 422 valence electrons. The van der Waals surface area contributed by atoms with Crippen LogP contribution in [0.5, 0.6) is 0 Å². The molecule has 4 unspecified atom stereocenters. The summed E-state index contributed by atoms with van der Waals surface area (Å²) in [5, 5.41) is 10.4. The maximum atomic E-state index is 10.4. The first kappa shape index (κ1) is 74.9. The minimum absolute atomic E-state index is 0.0158. The SMILES string of the molecule is CCCCCCCCCCCCCCC(O)COCC(C)OCC(C)OCC(C)[N+](CC)(CCC[N+](C)(C)CC)CCC[N+](C)(C)CC.CCOS(=O)(=O)[O-].CCOS(=O)(=O)[O-].CCOS(=O)(=O)[O-]. The van der Waals surface area contributed by atoms with E-state index < -0.39 is 31.2 Å². The summed E-state index contributed by atoms with van der Waals surface area (Å²) in [6.45, 7) is 30.4. The Labute approximate surface area is 423 Å². The van der Waals surface area contributed by atoms with Crippen molar-refractivity contribution in [3.63, 3.8) is 0 Å². The smallest absolute Gasteiger partial charge is 0.217 e. The van der Waals surface area contributed by atoms with E-state index in [0.29, 0.717) is 25.9 Å². The second kappa shape index (κ2) is 43.7. The number of aliphatic hydroxyl groups excluding tert-OH is 1. The predicted octanol–water partition coefficient (Wildman–Crippen LogP) is 6.91. The number of rotatable bonds is 41. The molecule has 0 amide bonds. The zero-order valence-corrected chi connectivity index (χ0v) is 48.4. The highest BCUT2D eigenvalue weighted by Crippen LogP contribution is 2.20. The summed E-state index contributed by atoms with van der Waals surface area (Å²) in [6.07, 6.45) is 19.0. The largest absolute Gasteiger partial charge is 0.726 e. The average molecular weight is 1060 g/mol. The van der Waals surface area contributed by atoms with Crippen LogP contribution >= 0.6 is 0 Å². The fraction of sp³-hybridized carbons (Fsp3) is 1.00. The van der Waals surface area contributed by atoms with E-state index in [9.17, 15) is 44.0 Å². The number of hydrogen-bond donors (Lipinski definition) is 1. The lowest BCUT2D eigenvalue weighted by Crippen LogP contribution is -2.58. The van der Waals surface area contributed by atoms with Crippen LogP contribution in [0.25, 0.3) is 0 Å². The third-order valence-electron chi connectivity index (χ3n) is 12.1. The molecule has 1 N–H and O–H groups in total. The molecule has 0 heterocycles. The van der Waals surface area contributed by atoms with Gasteiger partial charge in [-0.15, -0.1) is 0 Å². The van der Waals surface area contributed by atoms with Gasteiger partial charge in [-0.05, 0) is 68.7 Å². The van der Waals surface area contributed by atoms with Gasteiger partial charge in [-0.3, -0.25) is 12.5 Å². The molecular formula is C47H105N3O16S3. The Bertz CT molecular complexity index is 1390. The van der Waals surface area contributed by atoms with Gasteiger partial charge >= 0.3 is 0 Å². The van der Waals surface area contributed by atoms with Crippen LogP contribution in [0.3, 0.4) is 0 Å². The first-order valence-electron chi connectivity index (χ1n) is 25.7. The van der Waals surface area contributed by atoms with Crippen molar-refractivity contribution in [1.82, 2.24) is 0 Å². The number of aliphatic hydroxyl groups is 1. The Kier molecular flexibility index (Phi) is 47.4. The van der Waals surface area contributed by atoms with Gasteiger partial charge in [0.25, 0.3) is 0 Å². The highest BCUT2D eigenvalue weighted by molar-refractivity contribution is 7.81. The molecule has 0 aromatic carbocycles. The van der Waals surface area contributed by atoms with Gasteiger partial charge in [0, 0.05) is 12.8 Å². The van der Waals surface area contributed by atoms with Gasteiger partial charge in [-0.25, -0.2) is 25.3 Å². The van der Waals surface area contributed by atoms with Crippen molar-refractivity contribution in [1.29, 1.82) is 0 Å². The molecule has 0 saturated heterocycles. The van der Waals surface area contributed by atoms with Gasteiger partial charge in [0.1, 0.15) is 6.04 Å². The molecule has 22 heteroatoms. The van der Waals surface area contributed by atoms with Gasteiger partial charge in [0.2, 0.25) is 31.2 Å². The molecule has 0 aromatic rings. The summed E-state index contributed by atoms with van der Waals surface area (Å²) in [6, 6.07) is 0.444. The van der Waals surface area contributed by atoms with Crippen molar-refractivity contribution in [3.05, 3.63) is 0 Å². The van der Waals surface area contributed by atoms with Crippen molar-refractivity contribution in [3.8, 4) is 0 Å². The maximum Gasteiger partial charge on any atom is 0.217 e. The first-order chi connectivity index (χ1) is 31.9. The number of hydrogen-bond acceptors (Lipinski definition) is 16. The predicted molar refractivity (Wildman–Crippen MR) is 272 cm³/mol. The van der Waals surface area contributed by atoms with Crippen LogP contribution in [0.15, 0.2) is 0 Å². The van der Waals surface area contributed by atoms with Crippen molar-refractivity contribution in [2.24, 2.45) is 0 Å². The minimum atomic E-state index is -4.42. The minimum Gasteiger partial charge on any atom is -0.726 e. The third-order valence-corrected chi connectivity index (χ3v) is 13.7. The molecule has 0 aliphatic carbocycles. The lowest BCUT2D eigenvalue weighted by Gasteiger charge is -2.44. The fourth-order valence-corrected chi connectivity index (χ4v) is 7.95. The molecule has 0 aliphatic rings. The summed E-state index contributed by atoms with van der Waals surface area (Å²) < 4.78 is 118. The molecule has 0 fully saturated rings. The summed E-state index contributed by atoms with van der Waals surface area (Å²) >= 11 is 0. The molecule has 4 atom stereocenters. The Morgan fingerprint density at radius 2 is 0.797 bits per heavy atom. The zero-order valence-electron chi connectivity index (χ0n) is 46.0. The van der Waals surface area contributed by atoms with Crippen molar-refractivity contribution in [2.45, 2.75) is 190 Å². The highest BCUT2D eigenvalue weighted by atomic mass is 32.3. The second-order valence-corrected chi connectivity index (χ2v) is 22.2. The second-order valence-electron chi connectivity index (χ2n) is 19.1. The molecule has 0 rings (SSSR count). The van der Waals surface area contributed by atoms with E-state index in [1.807, 2.05) is 0 Å². The number of unbranched alkanes of at least 4 members (excludes halogenated alkanes) is 11. The van der Waals surface area contributed by atoms with Crippen LogP contribution in [0.1, 0.15) is 166 Å². The lowest BCUT2D eigenvalue weighted by atomic mass is 10.0. The van der Waals surface area contributed by atoms with Crippen LogP contribution in [0, 0.1) is 0 Å². The van der Waals surface area contributed by atoms with Crippen LogP contribution in [-0.2, 0) is 58.0 Å². The zero-order chi connectivity index (χ0) is 54.1. The van der Waals surface area contributed by atoms with Crippen molar-refractivity contribution < 1.29 is 84.2 Å². The van der Waals surface area contributed by atoms with Crippen LogP contribution in [-0.4, -0.2) is 202 Å². The standard InChI is InChI=1S/C41H90N3O4.3C2H6O4S/c1-12-16-17-18-19-20-21-22-23-24-25-26-29-41(45)37-46-35-39(6)48-36-40(7)47-34-38(5)44(15-4,32-27-30-42(8,9)13-2)33-28-31-43(10,11)14-3;3*1-2-6-7(3,4)5/h38-41,45H,12-37H2,1-11H3;3*2H2,1H3,(H,3,4,5)/q+3;;;/p-3. The van der Waals surface area contributed by atoms with Crippen molar-refractivity contribution >= 4 is 31.2 Å². The number of nitrogens with zero attached hydrogens (tertiary/aromatic N) is 3. The number of quaternary nitrogens is 3. The van der Waals surface area contributed by atoms with E-state index in [-0.39, 0.29) is 38.1 Å². The Balaban J connectivity index is -0.000000822. The van der Waals surface area contributed by atoms with Crippen LogP contribution in [0.4, 0.5) is 0 Å². The molecule has 0 aromatic heterocycles. The Morgan fingerprint density at radius 1 is 0.449 bits per heavy atom. The van der Waals surface area contributed by atoms with Crippen LogP contribution < -0.4 is 0 Å². The molecule has 0 bridgehead atoms. The van der Waals surface area contributed by atoms with Gasteiger partial charge < -0.3 is 46.4 Å². The fourth-order valence-electron chi connectivity index (χ4n) is 7.09. The lowest BCUT2D eigenvalue weighted by molar-refractivity contribution is -0.957. The van der Waals surface area contributed by atoms with E-state index in [1.54, 1.807) is 0 Å². The molecule has 0 radical (unpaired) electrons. The normalized spacial score (nSPS) is 14.3. The molecule has 0 spiro atoms. The summed E-state index contributed by atoms with van der Waals surface area (Å²) in [7, 11) is -3.86. The highest BCUT2D eigenvalue weighted by Gasteiger charge is 2.34. The van der Waals surface area contributed by atoms with E-state index in [1.165, 1.54) is 144 Å². The monoisotopic (exact) mass is 1060 g/mol. The van der Waals surface area contributed by atoms with E-state index >= 15 is 0 Å². The quantitative estimate of drug-likeness (QED) is 0.0283. The van der Waals surface area contributed by atoms with E-state index in [0.717, 1.165) is 39.4 Å². The topological polar surface area (TPSA) is 247 Å². The van der Waals surface area contributed by atoms with Gasteiger partial charge in [0.15, 0.2) is 0 Å². The average Bonchev–Trinajstić information content (AvgIpc) is 3.24. The number of ether oxygens (including phenoxy) is 3. The van der Waals surface area contributed by atoms with Gasteiger partial charge in [-0.1, -0.05) is 84.0 Å². The Hall–Kier alpha value is -0.670. The molecule has 0 aliphatic heterocycles. The summed E-state index contributed by atoms with van der Waals surface area (Å²) in [5.74, 6) is 0. The first-order valence-corrected chi connectivity index (χ1v) is 29.7. The number of likely N-dealkylation sites (N-methyl/N-ethyl adjacent to an activating group) is 1. The molecule has 19 nitrogen and oxygen atoms in total. The van der Waals surface area contributed by atoms with Gasteiger partial charge in [0.05, 0.1) is 139 Å². The van der Waals surface area contributed by atoms with E-state index in [2.05, 4.69) is 89.2 Å².